The second-order valence-electron chi connectivity index (χ2n) is 4.32. The van der Waals surface area contributed by atoms with Crippen molar-refractivity contribution in [3.8, 4) is 0 Å². The van der Waals surface area contributed by atoms with Crippen LogP contribution in [0, 0.1) is 6.92 Å². The van der Waals surface area contributed by atoms with Gasteiger partial charge in [0.15, 0.2) is 6.29 Å². The Bertz CT molecular complexity index is 581. The Hall–Kier alpha value is -0.613. The first-order valence-corrected chi connectivity index (χ1v) is 8.04. The van der Waals surface area contributed by atoms with Gasteiger partial charge in [0, 0.05) is 22.8 Å². The molecule has 2 aromatic carbocycles. The first-order valence-electron chi connectivity index (χ1n) is 6.40. The van der Waals surface area contributed by atoms with Crippen LogP contribution in [-0.2, 0) is 4.52 Å². The molecular formula is C16H17ClLiO2P. The molecule has 2 rings (SSSR count). The molecule has 1 atom stereocenters. The summed E-state index contributed by atoms with van der Waals surface area (Å²) in [6.07, 6.45) is 0.799. The van der Waals surface area contributed by atoms with Gasteiger partial charge in [-0.15, -0.1) is 0 Å². The molecule has 0 saturated carbocycles. The molecule has 0 spiro atoms. The molecule has 0 saturated heterocycles. The van der Waals surface area contributed by atoms with E-state index in [1.165, 1.54) is 0 Å². The van der Waals surface area contributed by atoms with Crippen molar-refractivity contribution in [2.75, 3.05) is 6.61 Å². The molecule has 0 amide bonds. The third-order valence-corrected chi connectivity index (χ3v) is 5.25. The molecule has 2 nitrogen and oxygen atoms in total. The monoisotopic (exact) mass is 314 g/mol. The summed E-state index contributed by atoms with van der Waals surface area (Å²) < 4.78 is 5.92. The molecule has 0 heterocycles. The minimum absolute atomic E-state index is 0. The fourth-order valence-corrected chi connectivity index (χ4v) is 4.24. The predicted molar refractivity (Wildman–Crippen MR) is 93.0 cm³/mol. The van der Waals surface area contributed by atoms with Gasteiger partial charge in [-0.05, 0) is 31.5 Å². The van der Waals surface area contributed by atoms with Crippen LogP contribution in [0.25, 0.3) is 0 Å². The van der Waals surface area contributed by atoms with Gasteiger partial charge in [0.05, 0.1) is 13.2 Å². The molecule has 21 heavy (non-hydrogen) atoms. The zero-order valence-electron chi connectivity index (χ0n) is 11.5. The van der Waals surface area contributed by atoms with Gasteiger partial charge in [0.2, 0.25) is 0 Å². The number of benzene rings is 2. The number of aryl methyl sites for hydroxylation is 1. The van der Waals surface area contributed by atoms with E-state index in [2.05, 4.69) is 12.1 Å². The van der Waals surface area contributed by atoms with E-state index < -0.39 is 8.15 Å². The van der Waals surface area contributed by atoms with Crippen LogP contribution in [0.15, 0.2) is 42.5 Å². The predicted octanol–water partition coefficient (Wildman–Crippen LogP) is 3.20. The van der Waals surface area contributed by atoms with E-state index in [0.717, 1.165) is 22.5 Å². The number of hydrogen-bond donors (Lipinski definition) is 0. The molecule has 0 aliphatic carbocycles. The summed E-state index contributed by atoms with van der Waals surface area (Å²) in [7, 11) is -0.901. The average molecular weight is 315 g/mol. The molecule has 0 bridgehead atoms. The Morgan fingerprint density at radius 1 is 1.19 bits per heavy atom. The van der Waals surface area contributed by atoms with Crippen molar-refractivity contribution in [1.29, 1.82) is 0 Å². The van der Waals surface area contributed by atoms with Crippen molar-refractivity contribution in [3.05, 3.63) is 58.6 Å². The van der Waals surface area contributed by atoms with Crippen LogP contribution in [0.2, 0.25) is 5.02 Å². The third-order valence-electron chi connectivity index (χ3n) is 2.92. The second kappa shape index (κ2) is 8.74. The Kier molecular flexibility index (Phi) is 7.67. The van der Waals surface area contributed by atoms with Gasteiger partial charge < -0.3 is 4.52 Å². The minimum atomic E-state index is -0.901. The quantitative estimate of drug-likeness (QED) is 0.481. The van der Waals surface area contributed by atoms with Crippen molar-refractivity contribution in [1.82, 2.24) is 0 Å². The van der Waals surface area contributed by atoms with E-state index in [4.69, 9.17) is 16.1 Å². The molecule has 2 aromatic rings. The van der Waals surface area contributed by atoms with E-state index in [0.29, 0.717) is 17.2 Å². The third kappa shape index (κ3) is 4.43. The molecular weight excluding hydrogens is 298 g/mol. The maximum atomic E-state index is 11.0. The van der Waals surface area contributed by atoms with Crippen molar-refractivity contribution in [3.63, 3.8) is 0 Å². The van der Waals surface area contributed by atoms with Crippen LogP contribution < -0.4 is 10.6 Å². The zero-order valence-corrected chi connectivity index (χ0v) is 13.1. The molecule has 0 aromatic heterocycles. The van der Waals surface area contributed by atoms with Crippen molar-refractivity contribution in [2.45, 2.75) is 13.8 Å². The Labute approximate surface area is 143 Å². The van der Waals surface area contributed by atoms with Gasteiger partial charge in [-0.1, -0.05) is 41.9 Å². The summed E-state index contributed by atoms with van der Waals surface area (Å²) in [6, 6.07) is 13.9. The summed E-state index contributed by atoms with van der Waals surface area (Å²) in [5, 5.41) is 2.65. The number of rotatable bonds is 5. The Balaban J connectivity index is 0.00000220. The number of carbonyl (C=O) groups excluding carboxylic acids is 1. The van der Waals surface area contributed by atoms with Crippen molar-refractivity contribution < 1.29 is 9.32 Å². The van der Waals surface area contributed by atoms with Gasteiger partial charge >= 0.3 is 18.9 Å². The number of carbonyl (C=O) groups is 1. The Morgan fingerprint density at radius 2 is 1.86 bits per heavy atom. The van der Waals surface area contributed by atoms with Gasteiger partial charge in [-0.25, -0.2) is 0 Å². The van der Waals surface area contributed by atoms with Crippen LogP contribution in [0.3, 0.4) is 0 Å². The maximum absolute atomic E-state index is 11.0. The molecule has 106 valence electrons. The number of aldehydes is 1. The van der Waals surface area contributed by atoms with Gasteiger partial charge in [0.1, 0.15) is 0 Å². The molecule has 0 aliphatic heterocycles. The average Bonchev–Trinajstić information content (AvgIpc) is 2.45. The molecule has 0 fully saturated rings. The van der Waals surface area contributed by atoms with E-state index in [9.17, 15) is 4.79 Å². The van der Waals surface area contributed by atoms with Gasteiger partial charge in [-0.2, -0.15) is 0 Å². The molecule has 1 unspecified atom stereocenters. The van der Waals surface area contributed by atoms with Gasteiger partial charge in [-0.3, -0.25) is 4.79 Å². The molecule has 0 aliphatic rings. The fourth-order valence-electron chi connectivity index (χ4n) is 1.99. The van der Waals surface area contributed by atoms with Crippen LogP contribution in [0.5, 0.6) is 0 Å². The second-order valence-corrected chi connectivity index (χ2v) is 6.61. The molecule has 0 N–H and O–H groups in total. The summed E-state index contributed by atoms with van der Waals surface area (Å²) in [5.41, 5.74) is 1.43. The number of hydrogen-bond acceptors (Lipinski definition) is 2. The van der Waals surface area contributed by atoms with E-state index in [1.807, 2.05) is 44.2 Å². The Morgan fingerprint density at radius 3 is 2.38 bits per heavy atom. The summed E-state index contributed by atoms with van der Waals surface area (Å²) in [4.78, 5) is 11.0. The summed E-state index contributed by atoms with van der Waals surface area (Å²) >= 11 is 6.19. The summed E-state index contributed by atoms with van der Waals surface area (Å²) in [5.74, 6) is 0. The molecule has 5 heteroatoms. The van der Waals surface area contributed by atoms with E-state index >= 15 is 0 Å². The van der Waals surface area contributed by atoms with Gasteiger partial charge in [0.25, 0.3) is 0 Å². The molecule has 0 radical (unpaired) electrons. The van der Waals surface area contributed by atoms with Crippen LogP contribution in [0.1, 0.15) is 22.8 Å². The standard InChI is InChI=1S/C16H16ClO2P.Li.H/c1-3-19-20(13-7-5-4-6-8-13)14-9-12(2)15(11-18)16(17)10-14;;/h4-11H,3H2,1-2H3;;. The van der Waals surface area contributed by atoms with Crippen LogP contribution >= 0.6 is 19.7 Å². The summed E-state index contributed by atoms with van der Waals surface area (Å²) in [6.45, 7) is 4.50. The van der Waals surface area contributed by atoms with Crippen LogP contribution in [0.4, 0.5) is 0 Å². The van der Waals surface area contributed by atoms with E-state index in [1.54, 1.807) is 0 Å². The van der Waals surface area contributed by atoms with Crippen LogP contribution in [-0.4, -0.2) is 31.8 Å². The first-order chi connectivity index (χ1) is 9.67. The van der Waals surface area contributed by atoms with Crippen molar-refractivity contribution >= 4 is 55.5 Å². The SMILES string of the molecule is CCOP(c1ccccc1)c1cc(C)c(C=O)c(Cl)c1.[LiH]. The topological polar surface area (TPSA) is 26.3 Å². The number of halogens is 1. The fraction of sp³-hybridized carbons (Fsp3) is 0.188. The zero-order chi connectivity index (χ0) is 14.5. The normalized spacial score (nSPS) is 11.6. The first kappa shape index (κ1) is 18.4. The van der Waals surface area contributed by atoms with E-state index in [-0.39, 0.29) is 18.9 Å². The van der Waals surface area contributed by atoms with Crippen molar-refractivity contribution in [2.24, 2.45) is 0 Å².